The summed E-state index contributed by atoms with van der Waals surface area (Å²) in [5.74, 6) is 2.75. The van der Waals surface area contributed by atoms with Crippen LogP contribution in [0.25, 0.3) is 0 Å². The number of phenolic OH excluding ortho intramolecular Hbond substituents is 1. The number of fused-ring (bicyclic) bond motifs is 8. The molecular weight excluding hydrogens is 801 g/mol. The minimum Gasteiger partial charge on any atom is -0.507 e. The second kappa shape index (κ2) is 18.5. The molecule has 0 saturated heterocycles. The van der Waals surface area contributed by atoms with E-state index in [1.807, 2.05) is 48.8 Å². The second-order valence-electron chi connectivity index (χ2n) is 22.0. The summed E-state index contributed by atoms with van der Waals surface area (Å²) in [5.41, 5.74) is 13.7. The zero-order chi connectivity index (χ0) is 46.9. The van der Waals surface area contributed by atoms with Crippen molar-refractivity contribution in [3.8, 4) is 23.0 Å². The highest BCUT2D eigenvalue weighted by molar-refractivity contribution is 5.60. The Balaban J connectivity index is 1.60. The molecule has 6 heteroatoms. The van der Waals surface area contributed by atoms with Gasteiger partial charge in [-0.15, -0.1) is 0 Å². The standard InChI is InChI=1S/C59H70N2O4/c1-14-23-63-53-40-24-38-28-46(56(2,3)4)29-39(52(38)62)25-41-31-48(58(8,9)10)34-44(54(41)64-36-50-19-15-17-21-60-50)27-45-35-49(59(11,12)13)33-43(26-42(53)32-47(30-40)57(5,6)7)55(45)65-37-51-20-16-18-22-61-51/h14-22,28-35,62H,1,23-27,36-37H2,2-13H3. The van der Waals surface area contributed by atoms with Crippen LogP contribution < -0.4 is 14.2 Å². The summed E-state index contributed by atoms with van der Waals surface area (Å²) in [4.78, 5) is 9.32. The number of hydrogen-bond donors (Lipinski definition) is 1. The number of rotatable bonds is 9. The van der Waals surface area contributed by atoms with Crippen LogP contribution in [0.4, 0.5) is 0 Å². The van der Waals surface area contributed by atoms with Crippen molar-refractivity contribution in [1.82, 2.24) is 9.97 Å². The highest BCUT2D eigenvalue weighted by Gasteiger charge is 2.29. The Labute approximate surface area is 389 Å². The van der Waals surface area contributed by atoms with Crippen LogP contribution >= 0.6 is 0 Å². The summed E-state index contributed by atoms with van der Waals surface area (Å²) in [6.07, 6.45) is 7.45. The molecule has 6 nitrogen and oxygen atoms in total. The number of benzene rings is 4. The van der Waals surface area contributed by atoms with Crippen LogP contribution in [0.2, 0.25) is 0 Å². The summed E-state index contributed by atoms with van der Waals surface area (Å²) < 4.78 is 20.9. The van der Waals surface area contributed by atoms with Crippen LogP contribution in [0.3, 0.4) is 0 Å². The van der Waals surface area contributed by atoms with Crippen molar-refractivity contribution in [2.75, 3.05) is 6.61 Å². The highest BCUT2D eigenvalue weighted by Crippen LogP contribution is 2.44. The van der Waals surface area contributed by atoms with Gasteiger partial charge in [0, 0.05) is 38.1 Å². The van der Waals surface area contributed by atoms with Crippen molar-refractivity contribution in [2.24, 2.45) is 0 Å². The minimum absolute atomic E-state index is 0.169. The van der Waals surface area contributed by atoms with Crippen LogP contribution in [0, 0.1) is 0 Å². The number of hydrogen-bond acceptors (Lipinski definition) is 6. The molecule has 1 aliphatic carbocycles. The molecule has 0 spiro atoms. The number of ether oxygens (including phenoxy) is 3. The van der Waals surface area contributed by atoms with Crippen molar-refractivity contribution in [3.05, 3.63) is 188 Å². The van der Waals surface area contributed by atoms with Gasteiger partial charge < -0.3 is 19.3 Å². The Bertz CT molecular complexity index is 2650. The van der Waals surface area contributed by atoms with E-state index in [1.165, 1.54) is 16.7 Å². The Morgan fingerprint density at radius 2 is 0.754 bits per heavy atom. The number of phenols is 1. The summed E-state index contributed by atoms with van der Waals surface area (Å²) in [7, 11) is 0. The summed E-state index contributed by atoms with van der Waals surface area (Å²) in [5, 5.41) is 12.6. The maximum absolute atomic E-state index is 12.6. The quantitative estimate of drug-likeness (QED) is 0.146. The van der Waals surface area contributed by atoms with E-state index in [-0.39, 0.29) is 21.7 Å². The van der Waals surface area contributed by atoms with Gasteiger partial charge in [-0.05, 0) is 113 Å². The molecule has 2 aromatic heterocycles. The second-order valence-corrected chi connectivity index (χ2v) is 22.0. The van der Waals surface area contributed by atoms with Gasteiger partial charge in [0.25, 0.3) is 0 Å². The Hall–Kier alpha value is -5.88. The first kappa shape index (κ1) is 47.1. The van der Waals surface area contributed by atoms with Crippen LogP contribution in [-0.4, -0.2) is 21.7 Å². The van der Waals surface area contributed by atoms with Crippen LogP contribution in [-0.2, 0) is 60.6 Å². The predicted octanol–water partition coefficient (Wildman–Crippen LogP) is 13.8. The molecule has 0 radical (unpaired) electrons. The predicted molar refractivity (Wildman–Crippen MR) is 266 cm³/mol. The Morgan fingerprint density at radius 1 is 0.462 bits per heavy atom. The summed E-state index contributed by atoms with van der Waals surface area (Å²) in [6.45, 7) is 32.1. The fraction of sp³-hybridized carbons (Fsp3) is 0.390. The first-order chi connectivity index (χ1) is 30.6. The van der Waals surface area contributed by atoms with Crippen LogP contribution in [0.5, 0.6) is 23.0 Å². The first-order valence-corrected chi connectivity index (χ1v) is 23.2. The summed E-state index contributed by atoms with van der Waals surface area (Å²) in [6, 6.07) is 30.2. The normalized spacial score (nSPS) is 13.3. The molecule has 0 amide bonds. The molecule has 0 unspecified atom stereocenters. The van der Waals surface area contributed by atoms with E-state index in [4.69, 9.17) is 14.2 Å². The van der Waals surface area contributed by atoms with Crippen LogP contribution in [0.15, 0.2) is 110 Å². The summed E-state index contributed by atoms with van der Waals surface area (Å²) >= 11 is 0. The molecule has 65 heavy (non-hydrogen) atoms. The molecule has 0 atom stereocenters. The van der Waals surface area contributed by atoms with Crippen molar-refractivity contribution in [1.29, 1.82) is 0 Å². The van der Waals surface area contributed by atoms with Crippen molar-refractivity contribution in [3.63, 3.8) is 0 Å². The topological polar surface area (TPSA) is 73.7 Å². The molecule has 0 aliphatic heterocycles. The van der Waals surface area contributed by atoms with Gasteiger partial charge in [0.15, 0.2) is 0 Å². The lowest BCUT2D eigenvalue weighted by atomic mass is 9.79. The van der Waals surface area contributed by atoms with Gasteiger partial charge in [0.2, 0.25) is 0 Å². The largest absolute Gasteiger partial charge is 0.507 e. The Morgan fingerprint density at radius 3 is 1.03 bits per heavy atom. The van der Waals surface area contributed by atoms with E-state index < -0.39 is 0 Å². The van der Waals surface area contributed by atoms with E-state index in [2.05, 4.69) is 148 Å². The molecule has 4 aromatic carbocycles. The molecule has 8 bridgehead atoms. The first-order valence-electron chi connectivity index (χ1n) is 23.2. The SMILES string of the molecule is C=CCOc1c2cc(C(C)(C)C)cc1Cc1cc(C(C)(C)C)cc(c1OCc1ccccn1)Cc1cc(C(C)(C)C)cc(c1OCc1ccccn1)Cc1cc(C(C)(C)C)cc(c1O)C2. The average Bonchev–Trinajstić information content (AvgIpc) is 3.22. The van der Waals surface area contributed by atoms with Gasteiger partial charge >= 0.3 is 0 Å². The maximum Gasteiger partial charge on any atom is 0.130 e. The molecular formula is C59H70N2O4. The van der Waals surface area contributed by atoms with E-state index in [1.54, 1.807) is 6.08 Å². The fourth-order valence-electron chi connectivity index (χ4n) is 8.59. The molecule has 7 rings (SSSR count). The van der Waals surface area contributed by atoms with Gasteiger partial charge in [-0.1, -0.05) is 156 Å². The van der Waals surface area contributed by atoms with Crippen LogP contribution in [0.1, 0.15) is 161 Å². The fourth-order valence-corrected chi connectivity index (χ4v) is 8.59. The highest BCUT2D eigenvalue weighted by atomic mass is 16.5. The minimum atomic E-state index is -0.186. The average molecular weight is 871 g/mol. The molecule has 1 aliphatic rings. The maximum atomic E-state index is 12.6. The molecule has 0 saturated carbocycles. The smallest absolute Gasteiger partial charge is 0.130 e. The lowest BCUT2D eigenvalue weighted by Crippen LogP contribution is -2.17. The lowest BCUT2D eigenvalue weighted by Gasteiger charge is -2.29. The molecule has 340 valence electrons. The van der Waals surface area contributed by atoms with Crippen molar-refractivity contribution in [2.45, 2.75) is 144 Å². The van der Waals surface area contributed by atoms with Gasteiger partial charge in [-0.2, -0.15) is 0 Å². The molecule has 2 heterocycles. The molecule has 0 fully saturated rings. The van der Waals surface area contributed by atoms with Crippen molar-refractivity contribution >= 4 is 0 Å². The van der Waals surface area contributed by atoms with Crippen molar-refractivity contribution < 1.29 is 19.3 Å². The Kier molecular flexibility index (Phi) is 13.4. The molecule has 1 N–H and O–H groups in total. The van der Waals surface area contributed by atoms with E-state index in [0.717, 1.165) is 78.7 Å². The van der Waals surface area contributed by atoms with Gasteiger partial charge in [-0.3, -0.25) is 9.97 Å². The van der Waals surface area contributed by atoms with E-state index >= 15 is 0 Å². The number of pyridine rings is 2. The molecule has 6 aromatic rings. The van der Waals surface area contributed by atoms with Gasteiger partial charge in [0.1, 0.15) is 42.8 Å². The van der Waals surface area contributed by atoms with E-state index in [9.17, 15) is 5.11 Å². The zero-order valence-electron chi connectivity index (χ0n) is 41.0. The zero-order valence-corrected chi connectivity index (χ0v) is 41.0. The number of aromatic hydroxyl groups is 1. The third kappa shape index (κ3) is 11.2. The number of nitrogens with zero attached hydrogens (tertiary/aromatic N) is 2. The number of aromatic nitrogens is 2. The van der Waals surface area contributed by atoms with Gasteiger partial charge in [-0.25, -0.2) is 0 Å². The monoisotopic (exact) mass is 871 g/mol. The van der Waals surface area contributed by atoms with E-state index in [0.29, 0.717) is 51.3 Å². The van der Waals surface area contributed by atoms with Gasteiger partial charge in [0.05, 0.1) is 11.4 Å². The third-order valence-corrected chi connectivity index (χ3v) is 12.5. The third-order valence-electron chi connectivity index (χ3n) is 12.5. The lowest BCUT2D eigenvalue weighted by molar-refractivity contribution is 0.292.